The first kappa shape index (κ1) is 16.7. The lowest BCUT2D eigenvalue weighted by Crippen LogP contribution is -2.16. The van der Waals surface area contributed by atoms with Crippen LogP contribution in [0.1, 0.15) is 40.2 Å². The van der Waals surface area contributed by atoms with Gasteiger partial charge < -0.3 is 9.84 Å². The van der Waals surface area contributed by atoms with Gasteiger partial charge in [-0.2, -0.15) is 0 Å². The molecule has 0 saturated carbocycles. The maximum Gasteiger partial charge on any atom is 0.303 e. The van der Waals surface area contributed by atoms with E-state index in [1.54, 1.807) is 31.4 Å². The summed E-state index contributed by atoms with van der Waals surface area (Å²) in [5, 5.41) is 8.98. The first-order valence-electron chi connectivity index (χ1n) is 7.48. The molecule has 0 amide bonds. The van der Waals surface area contributed by atoms with E-state index in [4.69, 9.17) is 9.84 Å². The van der Waals surface area contributed by atoms with Crippen LogP contribution in [0.5, 0.6) is 5.75 Å². The lowest BCUT2D eigenvalue weighted by Gasteiger charge is -2.18. The maximum absolute atomic E-state index is 12.9. The van der Waals surface area contributed by atoms with E-state index in [0.29, 0.717) is 11.3 Å². The Morgan fingerprint density at radius 2 is 1.87 bits per heavy atom. The fourth-order valence-corrected chi connectivity index (χ4v) is 2.65. The maximum atomic E-state index is 12.9. The third-order valence-electron chi connectivity index (χ3n) is 3.88. The number of methoxy groups -OCH3 is 1. The van der Waals surface area contributed by atoms with Crippen molar-refractivity contribution >= 4 is 11.8 Å². The molecular weight excluding hydrogens is 292 g/mol. The molecule has 0 radical (unpaired) electrons. The van der Waals surface area contributed by atoms with E-state index in [0.717, 1.165) is 11.1 Å². The van der Waals surface area contributed by atoms with Crippen LogP contribution < -0.4 is 4.74 Å². The summed E-state index contributed by atoms with van der Waals surface area (Å²) in [5.41, 5.74) is 2.39. The van der Waals surface area contributed by atoms with Crippen LogP contribution in [0.3, 0.4) is 0 Å². The number of carbonyl (C=O) groups excluding carboxylic acids is 1. The SMILES string of the molecule is COc1cccc(C(=O)C(CCC(=O)O)c2ccccc2C)c1. The summed E-state index contributed by atoms with van der Waals surface area (Å²) in [6.07, 6.45) is 0.227. The second kappa shape index (κ2) is 7.58. The number of rotatable bonds is 7. The van der Waals surface area contributed by atoms with Crippen molar-refractivity contribution in [3.63, 3.8) is 0 Å². The lowest BCUT2D eigenvalue weighted by atomic mass is 9.85. The third kappa shape index (κ3) is 4.19. The number of carboxylic acid groups (broad SMARTS) is 1. The number of carboxylic acids is 1. The van der Waals surface area contributed by atoms with Crippen molar-refractivity contribution < 1.29 is 19.4 Å². The molecular formula is C19H20O4. The van der Waals surface area contributed by atoms with Crippen molar-refractivity contribution in [1.29, 1.82) is 0 Å². The predicted molar refractivity (Wildman–Crippen MR) is 88.1 cm³/mol. The van der Waals surface area contributed by atoms with Crippen molar-refractivity contribution in [3.05, 3.63) is 65.2 Å². The molecule has 0 aliphatic rings. The quantitative estimate of drug-likeness (QED) is 0.789. The van der Waals surface area contributed by atoms with E-state index < -0.39 is 11.9 Å². The minimum absolute atomic E-state index is 0.0469. The summed E-state index contributed by atoms with van der Waals surface area (Å²) in [7, 11) is 1.55. The Hall–Kier alpha value is -2.62. The van der Waals surface area contributed by atoms with Gasteiger partial charge in [0.15, 0.2) is 5.78 Å². The predicted octanol–water partition coefficient (Wildman–Crippen LogP) is 3.83. The average molecular weight is 312 g/mol. The summed E-state index contributed by atoms with van der Waals surface area (Å²) in [5.74, 6) is -0.849. The molecule has 0 aromatic heterocycles. The van der Waals surface area contributed by atoms with E-state index in [-0.39, 0.29) is 18.6 Å². The molecule has 4 heteroatoms. The number of Topliss-reactive ketones (excluding diaryl/α,β-unsaturated/α-hetero) is 1. The highest BCUT2D eigenvalue weighted by molar-refractivity contribution is 6.01. The molecule has 23 heavy (non-hydrogen) atoms. The molecule has 1 N–H and O–H groups in total. The van der Waals surface area contributed by atoms with Gasteiger partial charge in [0, 0.05) is 17.9 Å². The van der Waals surface area contributed by atoms with E-state index >= 15 is 0 Å². The third-order valence-corrected chi connectivity index (χ3v) is 3.88. The number of hydrogen-bond acceptors (Lipinski definition) is 3. The lowest BCUT2D eigenvalue weighted by molar-refractivity contribution is -0.137. The Bertz CT molecular complexity index is 706. The zero-order valence-electron chi connectivity index (χ0n) is 13.3. The Kier molecular flexibility index (Phi) is 5.52. The van der Waals surface area contributed by atoms with Crippen LogP contribution in [0.4, 0.5) is 0 Å². The largest absolute Gasteiger partial charge is 0.497 e. The number of aryl methyl sites for hydroxylation is 1. The van der Waals surface area contributed by atoms with Gasteiger partial charge in [-0.1, -0.05) is 36.4 Å². The second-order valence-corrected chi connectivity index (χ2v) is 5.44. The molecule has 0 saturated heterocycles. The van der Waals surface area contributed by atoms with Crippen LogP contribution in [0.25, 0.3) is 0 Å². The molecule has 120 valence electrons. The topological polar surface area (TPSA) is 63.6 Å². The minimum Gasteiger partial charge on any atom is -0.497 e. The zero-order valence-corrected chi connectivity index (χ0v) is 13.3. The van der Waals surface area contributed by atoms with Gasteiger partial charge in [0.1, 0.15) is 5.75 Å². The van der Waals surface area contributed by atoms with Crippen molar-refractivity contribution in [2.45, 2.75) is 25.7 Å². The number of benzene rings is 2. The summed E-state index contributed by atoms with van der Waals surface area (Å²) in [4.78, 5) is 23.9. The van der Waals surface area contributed by atoms with Gasteiger partial charge in [0.2, 0.25) is 0 Å². The molecule has 2 rings (SSSR count). The monoisotopic (exact) mass is 312 g/mol. The Balaban J connectivity index is 2.38. The standard InChI is InChI=1S/C19H20O4/c1-13-6-3-4-9-16(13)17(10-11-18(20)21)19(22)14-7-5-8-15(12-14)23-2/h3-9,12,17H,10-11H2,1-2H3,(H,20,21). The summed E-state index contributed by atoms with van der Waals surface area (Å²) < 4.78 is 5.17. The molecule has 0 heterocycles. The normalized spacial score (nSPS) is 11.7. The van der Waals surface area contributed by atoms with Gasteiger partial charge in [0.25, 0.3) is 0 Å². The second-order valence-electron chi connectivity index (χ2n) is 5.44. The number of ether oxygens (including phenoxy) is 1. The molecule has 0 aliphatic heterocycles. The van der Waals surface area contributed by atoms with Gasteiger partial charge in [-0.25, -0.2) is 0 Å². The highest BCUT2D eigenvalue weighted by atomic mass is 16.5. The van der Waals surface area contributed by atoms with E-state index in [1.807, 2.05) is 31.2 Å². The molecule has 0 aliphatic carbocycles. The molecule has 2 aromatic rings. The van der Waals surface area contributed by atoms with Crippen LogP contribution in [0, 0.1) is 6.92 Å². The Morgan fingerprint density at radius 3 is 2.52 bits per heavy atom. The van der Waals surface area contributed by atoms with Gasteiger partial charge in [-0.3, -0.25) is 9.59 Å². The first-order valence-corrected chi connectivity index (χ1v) is 7.48. The Labute approximate surface area is 135 Å². The fraction of sp³-hybridized carbons (Fsp3) is 0.263. The van der Waals surface area contributed by atoms with Crippen LogP contribution in [0.15, 0.2) is 48.5 Å². The number of aliphatic carboxylic acids is 1. The highest BCUT2D eigenvalue weighted by Crippen LogP contribution is 2.29. The number of ketones is 1. The van der Waals surface area contributed by atoms with E-state index in [2.05, 4.69) is 0 Å². The molecule has 0 spiro atoms. The minimum atomic E-state index is -0.901. The van der Waals surface area contributed by atoms with Crippen LogP contribution >= 0.6 is 0 Å². The smallest absolute Gasteiger partial charge is 0.303 e. The molecule has 1 atom stereocenters. The van der Waals surface area contributed by atoms with Crippen LogP contribution in [0.2, 0.25) is 0 Å². The molecule has 4 nitrogen and oxygen atoms in total. The number of carbonyl (C=O) groups is 2. The zero-order chi connectivity index (χ0) is 16.8. The van der Waals surface area contributed by atoms with Crippen molar-refractivity contribution in [1.82, 2.24) is 0 Å². The molecule has 1 unspecified atom stereocenters. The van der Waals surface area contributed by atoms with Crippen molar-refractivity contribution in [3.8, 4) is 5.75 Å². The van der Waals surface area contributed by atoms with Gasteiger partial charge in [0.05, 0.1) is 7.11 Å². The summed E-state index contributed by atoms with van der Waals surface area (Å²) in [6, 6.07) is 14.6. The first-order chi connectivity index (χ1) is 11.0. The van der Waals surface area contributed by atoms with Crippen molar-refractivity contribution in [2.24, 2.45) is 0 Å². The van der Waals surface area contributed by atoms with Gasteiger partial charge in [-0.05, 0) is 36.6 Å². The van der Waals surface area contributed by atoms with Gasteiger partial charge >= 0.3 is 5.97 Å². The summed E-state index contributed by atoms with van der Waals surface area (Å²) in [6.45, 7) is 1.93. The Morgan fingerprint density at radius 1 is 1.13 bits per heavy atom. The fourth-order valence-electron chi connectivity index (χ4n) is 2.65. The molecule has 0 fully saturated rings. The molecule has 0 bridgehead atoms. The van der Waals surface area contributed by atoms with Crippen LogP contribution in [-0.2, 0) is 4.79 Å². The van der Waals surface area contributed by atoms with E-state index in [9.17, 15) is 9.59 Å². The van der Waals surface area contributed by atoms with Crippen LogP contribution in [-0.4, -0.2) is 24.0 Å². The average Bonchev–Trinajstić information content (AvgIpc) is 2.56. The van der Waals surface area contributed by atoms with Crippen molar-refractivity contribution in [2.75, 3.05) is 7.11 Å². The van der Waals surface area contributed by atoms with E-state index in [1.165, 1.54) is 0 Å². The molecule has 2 aromatic carbocycles. The summed E-state index contributed by atoms with van der Waals surface area (Å²) >= 11 is 0. The highest BCUT2D eigenvalue weighted by Gasteiger charge is 2.24. The number of hydrogen-bond donors (Lipinski definition) is 1. The van der Waals surface area contributed by atoms with Gasteiger partial charge in [-0.15, -0.1) is 0 Å².